The first kappa shape index (κ1) is 4.69. The van der Waals surface area contributed by atoms with E-state index in [0.29, 0.717) is 0 Å². The van der Waals surface area contributed by atoms with Crippen LogP contribution in [0.5, 0.6) is 0 Å². The monoisotopic (exact) mass is 97.1 g/mol. The highest BCUT2D eigenvalue weighted by Crippen LogP contribution is 2.06. The zero-order chi connectivity index (χ0) is 5.11. The predicted molar refractivity (Wildman–Crippen MR) is 31.0 cm³/mol. The van der Waals surface area contributed by atoms with Crippen molar-refractivity contribution < 1.29 is 0 Å². The van der Waals surface area contributed by atoms with Crippen molar-refractivity contribution in [2.24, 2.45) is 0 Å². The Bertz CT molecular complexity index is 76.2. The molecule has 0 aliphatic carbocycles. The van der Waals surface area contributed by atoms with E-state index >= 15 is 0 Å². The maximum Gasteiger partial charge on any atom is 0.0147 e. The minimum absolute atomic E-state index is 1.18. The number of hydrogen-bond donors (Lipinski definition) is 1. The summed E-state index contributed by atoms with van der Waals surface area (Å²) < 4.78 is 0. The van der Waals surface area contributed by atoms with Gasteiger partial charge in [-0.2, -0.15) is 0 Å². The van der Waals surface area contributed by atoms with Gasteiger partial charge in [0.1, 0.15) is 0 Å². The summed E-state index contributed by atoms with van der Waals surface area (Å²) in [6.07, 6.45) is 4.73. The number of allylic oxidation sites excluding steroid dienone is 2. The minimum Gasteiger partial charge on any atom is -0.389 e. The van der Waals surface area contributed by atoms with Gasteiger partial charge in [0, 0.05) is 12.2 Å². The van der Waals surface area contributed by atoms with E-state index in [1.54, 1.807) is 0 Å². The Labute approximate surface area is 44.4 Å². The Balaban J connectivity index is 2.41. The maximum atomic E-state index is 3.27. The molecule has 1 aliphatic rings. The standard InChI is InChI=1S/C6H11N/c1-2-6-4-3-5-7-6/h2,7H,3-5H2,1H3/b6-2-. The summed E-state index contributed by atoms with van der Waals surface area (Å²) in [5.74, 6) is 0. The van der Waals surface area contributed by atoms with Crippen molar-refractivity contribution in [1.82, 2.24) is 5.32 Å². The van der Waals surface area contributed by atoms with E-state index in [2.05, 4.69) is 18.3 Å². The van der Waals surface area contributed by atoms with E-state index in [0.717, 1.165) is 0 Å². The molecule has 1 fully saturated rings. The maximum absolute atomic E-state index is 3.27. The van der Waals surface area contributed by atoms with Crippen molar-refractivity contribution in [3.63, 3.8) is 0 Å². The Kier molecular flexibility index (Phi) is 1.35. The molecular weight excluding hydrogens is 86.1 g/mol. The van der Waals surface area contributed by atoms with Crippen molar-refractivity contribution in [2.75, 3.05) is 6.54 Å². The quantitative estimate of drug-likeness (QED) is 0.480. The molecule has 1 heteroatoms. The van der Waals surface area contributed by atoms with Crippen LogP contribution in [0.4, 0.5) is 0 Å². The molecular formula is C6H11N. The summed E-state index contributed by atoms with van der Waals surface area (Å²) in [6.45, 7) is 3.26. The topological polar surface area (TPSA) is 12.0 Å². The second-order valence-corrected chi connectivity index (χ2v) is 1.84. The highest BCUT2D eigenvalue weighted by Gasteiger charge is 2.00. The van der Waals surface area contributed by atoms with Crippen molar-refractivity contribution in [3.05, 3.63) is 11.8 Å². The molecule has 1 heterocycles. The van der Waals surface area contributed by atoms with Gasteiger partial charge in [-0.3, -0.25) is 0 Å². The number of hydrogen-bond acceptors (Lipinski definition) is 1. The molecule has 0 spiro atoms. The first-order valence-electron chi connectivity index (χ1n) is 2.82. The lowest BCUT2D eigenvalue weighted by Gasteiger charge is -1.91. The zero-order valence-corrected chi connectivity index (χ0v) is 4.70. The summed E-state index contributed by atoms with van der Waals surface area (Å²) >= 11 is 0. The van der Waals surface area contributed by atoms with Gasteiger partial charge in [0.2, 0.25) is 0 Å². The van der Waals surface area contributed by atoms with Gasteiger partial charge >= 0.3 is 0 Å². The lowest BCUT2D eigenvalue weighted by atomic mass is 10.3. The van der Waals surface area contributed by atoms with Gasteiger partial charge < -0.3 is 5.32 Å². The van der Waals surface area contributed by atoms with E-state index in [4.69, 9.17) is 0 Å². The van der Waals surface area contributed by atoms with Crippen molar-refractivity contribution in [1.29, 1.82) is 0 Å². The second kappa shape index (κ2) is 2.01. The van der Waals surface area contributed by atoms with Crippen LogP contribution < -0.4 is 5.32 Å². The molecule has 1 nitrogen and oxygen atoms in total. The highest BCUT2D eigenvalue weighted by molar-refractivity contribution is 5.01. The van der Waals surface area contributed by atoms with E-state index < -0.39 is 0 Å². The largest absolute Gasteiger partial charge is 0.389 e. The molecule has 0 radical (unpaired) electrons. The van der Waals surface area contributed by atoms with Crippen LogP contribution in [-0.4, -0.2) is 6.54 Å². The number of rotatable bonds is 0. The Morgan fingerprint density at radius 1 is 1.71 bits per heavy atom. The van der Waals surface area contributed by atoms with Gasteiger partial charge in [-0.05, 0) is 19.8 Å². The molecule has 0 aromatic rings. The van der Waals surface area contributed by atoms with Gasteiger partial charge in [-0.25, -0.2) is 0 Å². The fraction of sp³-hybridized carbons (Fsp3) is 0.667. The predicted octanol–water partition coefficient (Wildman–Crippen LogP) is 1.27. The fourth-order valence-electron chi connectivity index (χ4n) is 0.863. The van der Waals surface area contributed by atoms with Crippen molar-refractivity contribution >= 4 is 0 Å². The first-order valence-corrected chi connectivity index (χ1v) is 2.82. The SMILES string of the molecule is C/C=C1/CCCN1. The summed E-state index contributed by atoms with van der Waals surface area (Å²) in [6, 6.07) is 0. The van der Waals surface area contributed by atoms with Crippen LogP contribution in [0.15, 0.2) is 11.8 Å². The Morgan fingerprint density at radius 3 is 2.86 bits per heavy atom. The molecule has 0 unspecified atom stereocenters. The minimum atomic E-state index is 1.18. The van der Waals surface area contributed by atoms with Crippen molar-refractivity contribution in [3.8, 4) is 0 Å². The second-order valence-electron chi connectivity index (χ2n) is 1.84. The smallest absolute Gasteiger partial charge is 0.0147 e. The van der Waals surface area contributed by atoms with E-state index in [-0.39, 0.29) is 0 Å². The summed E-state index contributed by atoms with van der Waals surface area (Å²) in [4.78, 5) is 0. The highest BCUT2D eigenvalue weighted by atomic mass is 14.9. The Morgan fingerprint density at radius 2 is 2.57 bits per heavy atom. The summed E-state index contributed by atoms with van der Waals surface area (Å²) in [5.41, 5.74) is 1.42. The summed E-state index contributed by atoms with van der Waals surface area (Å²) in [7, 11) is 0. The number of nitrogens with one attached hydrogen (secondary N) is 1. The van der Waals surface area contributed by atoms with Gasteiger partial charge in [0.25, 0.3) is 0 Å². The van der Waals surface area contributed by atoms with Crippen LogP contribution >= 0.6 is 0 Å². The molecule has 0 saturated carbocycles. The normalized spacial score (nSPS) is 25.6. The van der Waals surface area contributed by atoms with Crippen LogP contribution in [-0.2, 0) is 0 Å². The van der Waals surface area contributed by atoms with Gasteiger partial charge in [-0.1, -0.05) is 6.08 Å². The lowest BCUT2D eigenvalue weighted by Crippen LogP contribution is -2.02. The molecule has 0 aromatic heterocycles. The third-order valence-corrected chi connectivity index (χ3v) is 1.32. The molecule has 40 valence electrons. The third kappa shape index (κ3) is 0.952. The van der Waals surface area contributed by atoms with Crippen molar-refractivity contribution in [2.45, 2.75) is 19.8 Å². The van der Waals surface area contributed by atoms with Gasteiger partial charge in [0.15, 0.2) is 0 Å². The molecule has 1 rings (SSSR count). The van der Waals surface area contributed by atoms with Crippen LogP contribution in [0.1, 0.15) is 19.8 Å². The van der Waals surface area contributed by atoms with Crippen LogP contribution in [0.3, 0.4) is 0 Å². The van der Waals surface area contributed by atoms with E-state index in [1.807, 2.05) is 0 Å². The first-order chi connectivity index (χ1) is 3.43. The average Bonchev–Trinajstić information content (AvgIpc) is 2.14. The molecule has 0 aromatic carbocycles. The Hall–Kier alpha value is -0.460. The average molecular weight is 97.2 g/mol. The zero-order valence-electron chi connectivity index (χ0n) is 4.70. The lowest BCUT2D eigenvalue weighted by molar-refractivity contribution is 0.903. The van der Waals surface area contributed by atoms with E-state index in [1.165, 1.54) is 25.1 Å². The molecule has 1 aliphatic heterocycles. The van der Waals surface area contributed by atoms with E-state index in [9.17, 15) is 0 Å². The molecule has 0 amide bonds. The van der Waals surface area contributed by atoms with Gasteiger partial charge in [-0.15, -0.1) is 0 Å². The van der Waals surface area contributed by atoms with Gasteiger partial charge in [0.05, 0.1) is 0 Å². The molecule has 7 heavy (non-hydrogen) atoms. The fourth-order valence-corrected chi connectivity index (χ4v) is 0.863. The molecule has 1 N–H and O–H groups in total. The summed E-state index contributed by atoms with van der Waals surface area (Å²) in [5, 5.41) is 3.27. The molecule has 1 saturated heterocycles. The van der Waals surface area contributed by atoms with Crippen LogP contribution in [0.25, 0.3) is 0 Å². The third-order valence-electron chi connectivity index (χ3n) is 1.32. The van der Waals surface area contributed by atoms with Crippen LogP contribution in [0, 0.1) is 0 Å². The molecule has 0 bridgehead atoms. The molecule has 0 atom stereocenters. The van der Waals surface area contributed by atoms with Crippen LogP contribution in [0.2, 0.25) is 0 Å².